The maximum atomic E-state index is 6.27. The third-order valence-corrected chi connectivity index (χ3v) is 4.48. The van der Waals surface area contributed by atoms with Crippen LogP contribution in [-0.2, 0) is 0 Å². The van der Waals surface area contributed by atoms with Crippen LogP contribution in [0.5, 0.6) is 0 Å². The van der Waals surface area contributed by atoms with Crippen LogP contribution in [0.25, 0.3) is 0 Å². The molecule has 0 bridgehead atoms. The lowest BCUT2D eigenvalue weighted by Crippen LogP contribution is -2.13. The van der Waals surface area contributed by atoms with Gasteiger partial charge in [0.1, 0.15) is 0 Å². The summed E-state index contributed by atoms with van der Waals surface area (Å²) in [6, 6.07) is 10.8. The summed E-state index contributed by atoms with van der Waals surface area (Å²) >= 11 is 19.3. The number of rotatable bonds is 2. The molecule has 0 aliphatic carbocycles. The molecule has 1 unspecified atom stereocenters. The summed E-state index contributed by atoms with van der Waals surface area (Å²) in [6.07, 6.45) is 0. The summed E-state index contributed by atoms with van der Waals surface area (Å²) in [5.41, 5.74) is 7.93. The first-order valence-electron chi connectivity index (χ1n) is 5.15. The van der Waals surface area contributed by atoms with Crippen molar-refractivity contribution < 1.29 is 0 Å². The number of halogens is 4. The van der Waals surface area contributed by atoms with Crippen molar-refractivity contribution in [1.29, 1.82) is 0 Å². The zero-order chi connectivity index (χ0) is 13.3. The fourth-order valence-corrected chi connectivity index (χ4v) is 3.22. The van der Waals surface area contributed by atoms with Gasteiger partial charge in [0, 0.05) is 24.6 Å². The van der Waals surface area contributed by atoms with Crippen LogP contribution in [0, 0.1) is 0 Å². The zero-order valence-electron chi connectivity index (χ0n) is 9.13. The van der Waals surface area contributed by atoms with E-state index in [0.717, 1.165) is 20.1 Å². The van der Waals surface area contributed by atoms with Crippen LogP contribution < -0.4 is 5.73 Å². The summed E-state index contributed by atoms with van der Waals surface area (Å²) in [5.74, 6) is 0. The van der Waals surface area contributed by atoms with Gasteiger partial charge in [-0.3, -0.25) is 0 Å². The van der Waals surface area contributed by atoms with Crippen LogP contribution in [0.2, 0.25) is 10.0 Å². The van der Waals surface area contributed by atoms with Gasteiger partial charge >= 0.3 is 0 Å². The molecule has 0 fully saturated rings. The van der Waals surface area contributed by atoms with E-state index in [1.165, 1.54) is 0 Å². The van der Waals surface area contributed by atoms with Gasteiger partial charge in [-0.2, -0.15) is 0 Å². The number of nitrogens with two attached hydrogens (primary N) is 1. The minimum atomic E-state index is -0.377. The Labute approximate surface area is 133 Å². The Bertz CT molecular complexity index is 567. The highest BCUT2D eigenvalue weighted by atomic mass is 79.9. The highest BCUT2D eigenvalue weighted by Crippen LogP contribution is 2.36. The van der Waals surface area contributed by atoms with E-state index in [9.17, 15) is 0 Å². The molecular weight excluding hydrogens is 401 g/mol. The molecule has 18 heavy (non-hydrogen) atoms. The molecule has 1 atom stereocenters. The monoisotopic (exact) mass is 407 g/mol. The molecule has 0 saturated carbocycles. The fraction of sp³-hybridized carbons (Fsp3) is 0.0769. The zero-order valence-corrected chi connectivity index (χ0v) is 13.8. The Hall–Kier alpha value is -0.0600. The maximum Gasteiger partial charge on any atom is 0.0592 e. The predicted molar refractivity (Wildman–Crippen MR) is 84.3 cm³/mol. The Balaban J connectivity index is 2.54. The molecule has 0 amide bonds. The van der Waals surface area contributed by atoms with Crippen LogP contribution in [0.3, 0.4) is 0 Å². The molecule has 0 aliphatic heterocycles. The first-order chi connectivity index (χ1) is 8.50. The van der Waals surface area contributed by atoms with E-state index in [0.29, 0.717) is 10.0 Å². The Morgan fingerprint density at radius 2 is 1.61 bits per heavy atom. The highest BCUT2D eigenvalue weighted by Gasteiger charge is 2.18. The van der Waals surface area contributed by atoms with Gasteiger partial charge in [0.25, 0.3) is 0 Å². The lowest BCUT2D eigenvalue weighted by molar-refractivity contribution is 0.865. The van der Waals surface area contributed by atoms with Gasteiger partial charge in [0.15, 0.2) is 0 Å². The molecule has 1 nitrogen and oxygen atoms in total. The van der Waals surface area contributed by atoms with Crippen LogP contribution in [0.15, 0.2) is 45.3 Å². The summed E-state index contributed by atoms with van der Waals surface area (Å²) in [6.45, 7) is 0. The summed E-state index contributed by atoms with van der Waals surface area (Å²) in [7, 11) is 0. The van der Waals surface area contributed by atoms with Gasteiger partial charge in [-0.05, 0) is 35.9 Å². The van der Waals surface area contributed by atoms with E-state index >= 15 is 0 Å². The SMILES string of the molecule is NC(c1cc(Br)ccc1Br)c1c(Cl)cccc1Cl. The van der Waals surface area contributed by atoms with E-state index in [4.69, 9.17) is 28.9 Å². The van der Waals surface area contributed by atoms with Crippen molar-refractivity contribution >= 4 is 55.1 Å². The second kappa shape index (κ2) is 5.93. The molecule has 2 aromatic rings. The van der Waals surface area contributed by atoms with Gasteiger partial charge in [-0.15, -0.1) is 0 Å². The van der Waals surface area contributed by atoms with E-state index < -0.39 is 0 Å². The molecule has 2 N–H and O–H groups in total. The largest absolute Gasteiger partial charge is 0.320 e. The van der Waals surface area contributed by atoms with Crippen molar-refractivity contribution in [2.45, 2.75) is 6.04 Å². The van der Waals surface area contributed by atoms with Gasteiger partial charge in [-0.25, -0.2) is 0 Å². The normalized spacial score (nSPS) is 12.5. The second-order valence-corrected chi connectivity index (χ2v) is 6.36. The molecule has 2 aromatic carbocycles. The van der Waals surface area contributed by atoms with Crippen molar-refractivity contribution in [3.05, 3.63) is 66.5 Å². The average Bonchev–Trinajstić information content (AvgIpc) is 2.32. The van der Waals surface area contributed by atoms with Crippen LogP contribution >= 0.6 is 55.1 Å². The minimum absolute atomic E-state index is 0.377. The third kappa shape index (κ3) is 2.91. The Kier molecular flexibility index (Phi) is 4.73. The number of hydrogen-bond acceptors (Lipinski definition) is 1. The fourth-order valence-electron chi connectivity index (χ4n) is 1.72. The Morgan fingerprint density at radius 3 is 2.22 bits per heavy atom. The predicted octanol–water partition coefficient (Wildman–Crippen LogP) is 5.57. The summed E-state index contributed by atoms with van der Waals surface area (Å²) < 4.78 is 1.88. The first-order valence-corrected chi connectivity index (χ1v) is 7.49. The lowest BCUT2D eigenvalue weighted by atomic mass is 9.99. The van der Waals surface area contributed by atoms with Crippen molar-refractivity contribution in [3.63, 3.8) is 0 Å². The summed E-state index contributed by atoms with van der Waals surface area (Å²) in [5, 5.41) is 1.14. The highest BCUT2D eigenvalue weighted by molar-refractivity contribution is 9.11. The number of benzene rings is 2. The van der Waals surface area contributed by atoms with E-state index in [2.05, 4.69) is 31.9 Å². The van der Waals surface area contributed by atoms with E-state index in [-0.39, 0.29) is 6.04 Å². The molecule has 0 saturated heterocycles. The minimum Gasteiger partial charge on any atom is -0.320 e. The van der Waals surface area contributed by atoms with Gasteiger partial charge < -0.3 is 5.73 Å². The molecule has 5 heteroatoms. The van der Waals surface area contributed by atoms with Crippen molar-refractivity contribution in [2.24, 2.45) is 5.73 Å². The molecule has 0 aromatic heterocycles. The van der Waals surface area contributed by atoms with Crippen molar-refractivity contribution in [2.75, 3.05) is 0 Å². The van der Waals surface area contributed by atoms with Crippen LogP contribution in [0.1, 0.15) is 17.2 Å². The quantitative estimate of drug-likeness (QED) is 0.689. The summed E-state index contributed by atoms with van der Waals surface area (Å²) in [4.78, 5) is 0. The average molecular weight is 410 g/mol. The topological polar surface area (TPSA) is 26.0 Å². The first kappa shape index (κ1) is 14.4. The van der Waals surface area contributed by atoms with Crippen LogP contribution in [-0.4, -0.2) is 0 Å². The number of hydrogen-bond donors (Lipinski definition) is 1. The molecule has 0 radical (unpaired) electrons. The Morgan fingerprint density at radius 1 is 1.00 bits per heavy atom. The van der Waals surface area contributed by atoms with E-state index in [1.807, 2.05) is 18.2 Å². The van der Waals surface area contributed by atoms with Gasteiger partial charge in [-0.1, -0.05) is 61.1 Å². The van der Waals surface area contributed by atoms with E-state index in [1.54, 1.807) is 18.2 Å². The standard InChI is InChI=1S/C13H9Br2Cl2N/c14-7-4-5-9(15)8(6-7)13(18)12-10(16)2-1-3-11(12)17/h1-6,13H,18H2. The molecule has 0 aliphatic rings. The third-order valence-electron chi connectivity index (χ3n) is 2.60. The smallest absolute Gasteiger partial charge is 0.0592 e. The molecule has 94 valence electrons. The lowest BCUT2D eigenvalue weighted by Gasteiger charge is -2.17. The molecule has 0 spiro atoms. The second-order valence-electron chi connectivity index (χ2n) is 3.78. The van der Waals surface area contributed by atoms with Gasteiger partial charge in [0.05, 0.1) is 6.04 Å². The molecular formula is C13H9Br2Cl2N. The van der Waals surface area contributed by atoms with Crippen LogP contribution in [0.4, 0.5) is 0 Å². The van der Waals surface area contributed by atoms with Crippen molar-refractivity contribution in [1.82, 2.24) is 0 Å². The maximum absolute atomic E-state index is 6.27. The van der Waals surface area contributed by atoms with Crippen molar-refractivity contribution in [3.8, 4) is 0 Å². The molecule has 0 heterocycles. The van der Waals surface area contributed by atoms with Gasteiger partial charge in [0.2, 0.25) is 0 Å². The molecule has 2 rings (SSSR count).